The molecule has 0 unspecified atom stereocenters. The molecule has 0 spiro atoms. The molecule has 0 bridgehead atoms. The summed E-state index contributed by atoms with van der Waals surface area (Å²) in [5.41, 5.74) is 6.54. The quantitative estimate of drug-likeness (QED) is 0.416. The van der Waals surface area contributed by atoms with Gasteiger partial charge < -0.3 is 10.6 Å². The van der Waals surface area contributed by atoms with Gasteiger partial charge in [0.15, 0.2) is 0 Å². The van der Waals surface area contributed by atoms with E-state index in [1.54, 1.807) is 30.5 Å². The van der Waals surface area contributed by atoms with Crippen LogP contribution >= 0.6 is 0 Å². The number of hydrogen-bond acceptors (Lipinski definition) is 5. The van der Waals surface area contributed by atoms with E-state index in [9.17, 15) is 14.9 Å². The molecule has 0 atom stereocenters. The molecule has 0 fully saturated rings. The van der Waals surface area contributed by atoms with Crippen LogP contribution < -0.4 is 10.6 Å². The molecule has 0 saturated carbocycles. The summed E-state index contributed by atoms with van der Waals surface area (Å²) in [6.07, 6.45) is 5.58. The number of carbonyl (C=O) groups excluding carboxylic acids is 2. The van der Waals surface area contributed by atoms with Gasteiger partial charge in [-0.25, -0.2) is 4.90 Å². The predicted molar refractivity (Wildman–Crippen MR) is 104 cm³/mol. The molecular weight excluding hydrogens is 328 g/mol. The summed E-state index contributed by atoms with van der Waals surface area (Å²) >= 11 is 0. The second-order valence-electron chi connectivity index (χ2n) is 6.15. The number of carbonyl (C=O) groups is 2. The van der Waals surface area contributed by atoms with E-state index < -0.39 is 11.8 Å². The van der Waals surface area contributed by atoms with Crippen molar-refractivity contribution in [1.29, 1.82) is 5.26 Å². The maximum atomic E-state index is 12.8. The highest BCUT2D eigenvalue weighted by molar-refractivity contribution is 6.21. The van der Waals surface area contributed by atoms with Crippen molar-refractivity contribution >= 4 is 23.2 Å². The van der Waals surface area contributed by atoms with Crippen molar-refractivity contribution in [1.82, 2.24) is 4.90 Å². The van der Waals surface area contributed by atoms with Crippen LogP contribution in [0.2, 0.25) is 0 Å². The predicted octanol–water partition coefficient (Wildman–Crippen LogP) is 3.46. The summed E-state index contributed by atoms with van der Waals surface area (Å²) in [5, 5.41) is 9.49. The van der Waals surface area contributed by atoms with Crippen LogP contribution in [-0.4, -0.2) is 29.8 Å². The number of benzene rings is 1. The Morgan fingerprint density at radius 2 is 1.65 bits per heavy atom. The Bertz CT molecular complexity index is 666. The molecule has 1 aromatic rings. The minimum Gasteiger partial charge on any atom is -0.399 e. The van der Waals surface area contributed by atoms with Gasteiger partial charge in [0.25, 0.3) is 5.91 Å². The Balaban J connectivity index is 3.13. The van der Waals surface area contributed by atoms with E-state index in [0.717, 1.165) is 43.7 Å². The van der Waals surface area contributed by atoms with Crippen molar-refractivity contribution in [3.05, 3.63) is 36.0 Å². The number of imide groups is 1. The average molecular weight is 356 g/mol. The third-order valence-electron chi connectivity index (χ3n) is 3.93. The highest BCUT2D eigenvalue weighted by Gasteiger charge is 2.24. The molecule has 0 aliphatic carbocycles. The lowest BCUT2D eigenvalue weighted by atomic mass is 10.2. The molecule has 2 amide bonds. The molecule has 0 aliphatic rings. The molecule has 26 heavy (non-hydrogen) atoms. The lowest BCUT2D eigenvalue weighted by Gasteiger charge is -2.23. The van der Waals surface area contributed by atoms with E-state index in [-0.39, 0.29) is 5.57 Å². The van der Waals surface area contributed by atoms with Crippen LogP contribution in [0.25, 0.3) is 0 Å². The van der Waals surface area contributed by atoms with Crippen LogP contribution in [0.1, 0.15) is 46.5 Å². The van der Waals surface area contributed by atoms with Crippen LogP contribution in [0.3, 0.4) is 0 Å². The molecule has 6 nitrogen and oxygen atoms in total. The van der Waals surface area contributed by atoms with Crippen molar-refractivity contribution in [2.45, 2.75) is 46.5 Å². The van der Waals surface area contributed by atoms with Crippen molar-refractivity contribution in [3.8, 4) is 6.07 Å². The van der Waals surface area contributed by atoms with Gasteiger partial charge in [0.1, 0.15) is 11.6 Å². The second-order valence-corrected chi connectivity index (χ2v) is 6.15. The van der Waals surface area contributed by atoms with Gasteiger partial charge in [-0.2, -0.15) is 5.26 Å². The smallest absolute Gasteiger partial charge is 0.277 e. The normalized spacial score (nSPS) is 10.9. The number of nitriles is 1. The molecule has 1 aromatic carbocycles. The lowest BCUT2D eigenvalue weighted by molar-refractivity contribution is -0.123. The number of hydrogen-bond donors (Lipinski definition) is 1. The van der Waals surface area contributed by atoms with E-state index in [1.807, 2.05) is 11.0 Å². The molecule has 0 saturated heterocycles. The van der Waals surface area contributed by atoms with Gasteiger partial charge in [-0.3, -0.25) is 9.59 Å². The zero-order valence-electron chi connectivity index (χ0n) is 15.9. The van der Waals surface area contributed by atoms with E-state index in [2.05, 4.69) is 13.8 Å². The summed E-state index contributed by atoms with van der Waals surface area (Å²) < 4.78 is 0. The van der Waals surface area contributed by atoms with Gasteiger partial charge in [-0.1, -0.05) is 26.7 Å². The standard InChI is InChI=1S/C20H28N4O2/c1-4-6-12-23(13-7-5-2)15-17(14-21)20(26)24(16(3)25)19-10-8-18(22)9-11-19/h8-11,15H,4-7,12-13,22H2,1-3H3/b17-15-. The average Bonchev–Trinajstić information content (AvgIpc) is 2.62. The first-order valence-electron chi connectivity index (χ1n) is 9.01. The summed E-state index contributed by atoms with van der Waals surface area (Å²) in [7, 11) is 0. The first-order valence-corrected chi connectivity index (χ1v) is 9.01. The van der Waals surface area contributed by atoms with Gasteiger partial charge >= 0.3 is 0 Å². The SMILES string of the molecule is CCCCN(/C=C(/C#N)C(=O)N(C(C)=O)c1ccc(N)cc1)CCCC. The second kappa shape index (κ2) is 10.9. The van der Waals surface area contributed by atoms with Crippen molar-refractivity contribution in [2.24, 2.45) is 0 Å². The fourth-order valence-corrected chi connectivity index (χ4v) is 2.46. The topological polar surface area (TPSA) is 90.4 Å². The number of nitrogens with zero attached hydrogens (tertiary/aromatic N) is 3. The lowest BCUT2D eigenvalue weighted by Crippen LogP contribution is -2.36. The molecule has 0 radical (unpaired) electrons. The summed E-state index contributed by atoms with van der Waals surface area (Å²) in [5.74, 6) is -1.07. The molecule has 0 heterocycles. The van der Waals surface area contributed by atoms with Gasteiger partial charge in [-0.05, 0) is 37.1 Å². The minimum atomic E-state index is -0.622. The van der Waals surface area contributed by atoms with Crippen LogP contribution in [-0.2, 0) is 9.59 Å². The molecule has 6 heteroatoms. The van der Waals surface area contributed by atoms with Crippen LogP contribution in [0, 0.1) is 11.3 Å². The Morgan fingerprint density at radius 3 is 2.08 bits per heavy atom. The van der Waals surface area contributed by atoms with Crippen molar-refractivity contribution in [2.75, 3.05) is 23.7 Å². The summed E-state index contributed by atoms with van der Waals surface area (Å²) in [6.45, 7) is 7.04. The van der Waals surface area contributed by atoms with Gasteiger partial charge in [0.05, 0.1) is 5.69 Å². The van der Waals surface area contributed by atoms with E-state index in [0.29, 0.717) is 11.4 Å². The van der Waals surface area contributed by atoms with Gasteiger partial charge in [0.2, 0.25) is 5.91 Å². The monoisotopic (exact) mass is 356 g/mol. The maximum absolute atomic E-state index is 12.8. The third-order valence-corrected chi connectivity index (χ3v) is 3.93. The van der Waals surface area contributed by atoms with E-state index in [1.165, 1.54) is 6.92 Å². The first-order chi connectivity index (χ1) is 12.4. The number of nitrogen functional groups attached to an aromatic ring is 1. The highest BCUT2D eigenvalue weighted by atomic mass is 16.2. The fraction of sp³-hybridized carbons (Fsp3) is 0.450. The van der Waals surface area contributed by atoms with E-state index >= 15 is 0 Å². The molecule has 2 N–H and O–H groups in total. The Kier molecular flexibility index (Phi) is 8.93. The Labute approximate surface area is 155 Å². The summed E-state index contributed by atoms with van der Waals surface area (Å²) in [6, 6.07) is 8.37. The number of anilines is 2. The minimum absolute atomic E-state index is 0.0516. The number of nitrogens with two attached hydrogens (primary N) is 1. The van der Waals surface area contributed by atoms with Crippen LogP contribution in [0.15, 0.2) is 36.0 Å². The Hall–Kier alpha value is -2.81. The maximum Gasteiger partial charge on any atom is 0.277 e. The molecule has 1 rings (SSSR count). The molecule has 0 aromatic heterocycles. The first kappa shape index (κ1) is 21.2. The molecule has 0 aliphatic heterocycles. The zero-order chi connectivity index (χ0) is 19.5. The van der Waals surface area contributed by atoms with Crippen LogP contribution in [0.5, 0.6) is 0 Å². The highest BCUT2D eigenvalue weighted by Crippen LogP contribution is 2.19. The van der Waals surface area contributed by atoms with Gasteiger partial charge in [0, 0.05) is 31.9 Å². The van der Waals surface area contributed by atoms with Gasteiger partial charge in [-0.15, -0.1) is 0 Å². The zero-order valence-corrected chi connectivity index (χ0v) is 15.9. The molecule has 140 valence electrons. The van der Waals surface area contributed by atoms with E-state index in [4.69, 9.17) is 5.73 Å². The fourth-order valence-electron chi connectivity index (χ4n) is 2.46. The van der Waals surface area contributed by atoms with Crippen molar-refractivity contribution < 1.29 is 9.59 Å². The number of rotatable bonds is 9. The largest absolute Gasteiger partial charge is 0.399 e. The number of amides is 2. The third kappa shape index (κ3) is 6.25. The molecular formula is C20H28N4O2. The Morgan fingerprint density at radius 1 is 1.12 bits per heavy atom. The van der Waals surface area contributed by atoms with Crippen LogP contribution in [0.4, 0.5) is 11.4 Å². The van der Waals surface area contributed by atoms with Crippen molar-refractivity contribution in [3.63, 3.8) is 0 Å². The summed E-state index contributed by atoms with van der Waals surface area (Å²) in [4.78, 5) is 27.9. The number of unbranched alkanes of at least 4 members (excludes halogenated alkanes) is 2.